The van der Waals surface area contributed by atoms with Crippen molar-refractivity contribution >= 4 is 35.6 Å². The Balaban J connectivity index is 1.84. The quantitative estimate of drug-likeness (QED) is 0.0776. The molecule has 0 saturated carbocycles. The third-order valence-electron chi connectivity index (χ3n) is 6.58. The molecule has 2 amide bonds. The van der Waals surface area contributed by atoms with Crippen LogP contribution in [0.4, 0.5) is 0 Å². The van der Waals surface area contributed by atoms with Gasteiger partial charge in [-0.05, 0) is 24.0 Å². The van der Waals surface area contributed by atoms with E-state index in [9.17, 15) is 9.59 Å². The fraction of sp³-hybridized carbons (Fsp3) is 0.412. The molecule has 3 rings (SSSR count). The lowest BCUT2D eigenvalue weighted by Crippen LogP contribution is -2.17. The van der Waals surface area contributed by atoms with Crippen LogP contribution in [0.1, 0.15) is 109 Å². The van der Waals surface area contributed by atoms with E-state index in [2.05, 4.69) is 34.9 Å². The molecule has 9 heteroatoms. The van der Waals surface area contributed by atoms with Crippen molar-refractivity contribution in [3.63, 3.8) is 0 Å². The van der Waals surface area contributed by atoms with E-state index in [1.54, 1.807) is 12.4 Å². The standard InChI is InChI=1S/C34H44N4O4S/c1-3-5-7-9-17-23-41-29-30(42-24-18-10-8-6-4-2)32(34(40)38-36-26-28-21-15-12-16-22-28)43-31(29)33(39)37-35-25-27-19-13-11-14-20-27/h11-16,19-22,25-26H,3-10,17-18,23-24H2,1-2H3,(H,37,39)(H,38,40)/b35-25+,36-26+. The van der Waals surface area contributed by atoms with Crippen molar-refractivity contribution in [1.29, 1.82) is 0 Å². The summed E-state index contributed by atoms with van der Waals surface area (Å²) in [6.45, 7) is 5.17. The molecule has 0 bridgehead atoms. The molecule has 0 aliphatic heterocycles. The Morgan fingerprint density at radius 3 is 1.42 bits per heavy atom. The van der Waals surface area contributed by atoms with Gasteiger partial charge in [0, 0.05) is 0 Å². The van der Waals surface area contributed by atoms with Gasteiger partial charge >= 0.3 is 0 Å². The van der Waals surface area contributed by atoms with E-state index >= 15 is 0 Å². The van der Waals surface area contributed by atoms with Crippen LogP contribution in [0, 0.1) is 0 Å². The molecule has 0 spiro atoms. The Hall–Kier alpha value is -3.98. The Bertz CT molecular complexity index is 1190. The van der Waals surface area contributed by atoms with E-state index in [0.717, 1.165) is 73.8 Å². The smallest absolute Gasteiger partial charge is 0.285 e. The summed E-state index contributed by atoms with van der Waals surface area (Å²) in [5.74, 6) is -0.395. The summed E-state index contributed by atoms with van der Waals surface area (Å²) in [6.07, 6.45) is 13.8. The molecule has 0 radical (unpaired) electrons. The molecule has 2 N–H and O–H groups in total. The Labute approximate surface area is 259 Å². The van der Waals surface area contributed by atoms with Gasteiger partial charge in [0.05, 0.1) is 25.6 Å². The number of rotatable bonds is 20. The Kier molecular flexibility index (Phi) is 15.6. The third-order valence-corrected chi connectivity index (χ3v) is 7.73. The first kappa shape index (κ1) is 33.5. The number of thiophene rings is 1. The van der Waals surface area contributed by atoms with Crippen molar-refractivity contribution in [2.75, 3.05) is 13.2 Å². The van der Waals surface area contributed by atoms with Crippen molar-refractivity contribution in [3.05, 3.63) is 81.5 Å². The highest BCUT2D eigenvalue weighted by Gasteiger charge is 2.29. The van der Waals surface area contributed by atoms with Crippen molar-refractivity contribution in [3.8, 4) is 11.5 Å². The number of nitrogens with zero attached hydrogens (tertiary/aromatic N) is 2. The molecule has 0 atom stereocenters. The molecule has 0 aliphatic rings. The first-order chi connectivity index (χ1) is 21.1. The maximum atomic E-state index is 13.4. The van der Waals surface area contributed by atoms with Crippen molar-refractivity contribution in [2.24, 2.45) is 10.2 Å². The molecular weight excluding hydrogens is 560 g/mol. The summed E-state index contributed by atoms with van der Waals surface area (Å²) in [5, 5.41) is 8.24. The van der Waals surface area contributed by atoms with Gasteiger partial charge in [0.1, 0.15) is 9.75 Å². The molecule has 2 aromatic carbocycles. The molecule has 8 nitrogen and oxygen atoms in total. The molecule has 1 aromatic heterocycles. The van der Waals surface area contributed by atoms with Crippen LogP contribution in [0.15, 0.2) is 70.9 Å². The fourth-order valence-electron chi connectivity index (χ4n) is 4.23. The van der Waals surface area contributed by atoms with E-state index in [4.69, 9.17) is 9.47 Å². The number of carbonyl (C=O) groups is 2. The van der Waals surface area contributed by atoms with Crippen LogP contribution < -0.4 is 20.3 Å². The maximum Gasteiger partial charge on any atom is 0.285 e. The molecule has 43 heavy (non-hydrogen) atoms. The average Bonchev–Trinajstić information content (AvgIpc) is 3.40. The molecule has 0 unspecified atom stereocenters. The molecule has 1 heterocycles. The highest BCUT2D eigenvalue weighted by Crippen LogP contribution is 2.43. The van der Waals surface area contributed by atoms with Gasteiger partial charge in [0.2, 0.25) is 0 Å². The van der Waals surface area contributed by atoms with Gasteiger partial charge < -0.3 is 9.47 Å². The van der Waals surface area contributed by atoms with E-state index in [1.165, 1.54) is 12.8 Å². The second-order valence-electron chi connectivity index (χ2n) is 10.2. The number of hydrogen-bond donors (Lipinski definition) is 2. The lowest BCUT2D eigenvalue weighted by Gasteiger charge is -2.12. The van der Waals surface area contributed by atoms with E-state index in [-0.39, 0.29) is 21.3 Å². The predicted octanol–water partition coefficient (Wildman–Crippen LogP) is 7.97. The lowest BCUT2D eigenvalue weighted by molar-refractivity contribution is 0.0945. The largest absolute Gasteiger partial charge is 0.488 e. The van der Waals surface area contributed by atoms with Crippen LogP contribution in [0.3, 0.4) is 0 Å². The number of unbranched alkanes of at least 4 members (excludes halogenated alkanes) is 8. The van der Waals surface area contributed by atoms with Gasteiger partial charge in [0.25, 0.3) is 11.8 Å². The van der Waals surface area contributed by atoms with Crippen LogP contribution in [0.5, 0.6) is 11.5 Å². The highest BCUT2D eigenvalue weighted by atomic mass is 32.1. The van der Waals surface area contributed by atoms with Crippen molar-refractivity contribution < 1.29 is 19.1 Å². The lowest BCUT2D eigenvalue weighted by atomic mass is 10.2. The normalized spacial score (nSPS) is 11.2. The zero-order chi connectivity index (χ0) is 30.5. The highest BCUT2D eigenvalue weighted by molar-refractivity contribution is 7.16. The molecule has 0 fully saturated rings. The van der Waals surface area contributed by atoms with Crippen LogP contribution >= 0.6 is 11.3 Å². The van der Waals surface area contributed by atoms with Crippen molar-refractivity contribution in [1.82, 2.24) is 10.9 Å². The number of benzene rings is 2. The van der Waals surface area contributed by atoms with Gasteiger partial charge in [0.15, 0.2) is 11.5 Å². The monoisotopic (exact) mass is 604 g/mol. The molecule has 0 saturated heterocycles. The molecular formula is C34H44N4O4S. The first-order valence-electron chi connectivity index (χ1n) is 15.3. The summed E-state index contributed by atoms with van der Waals surface area (Å²) < 4.78 is 12.4. The van der Waals surface area contributed by atoms with Gasteiger partial charge in [-0.3, -0.25) is 9.59 Å². The number of hydrazone groups is 2. The SMILES string of the molecule is CCCCCCCOc1c(C(=O)N/N=C/c2ccccc2)sc(C(=O)N/N=C/c2ccccc2)c1OCCCCCCC. The Morgan fingerprint density at radius 2 is 1.02 bits per heavy atom. The topological polar surface area (TPSA) is 101 Å². The van der Waals surface area contributed by atoms with E-state index < -0.39 is 11.8 Å². The van der Waals surface area contributed by atoms with Crippen LogP contribution in [-0.2, 0) is 0 Å². The summed E-state index contributed by atoms with van der Waals surface area (Å²) >= 11 is 1.02. The zero-order valence-electron chi connectivity index (χ0n) is 25.3. The van der Waals surface area contributed by atoms with Crippen LogP contribution in [0.25, 0.3) is 0 Å². The third kappa shape index (κ3) is 12.0. The predicted molar refractivity (Wildman–Crippen MR) is 176 cm³/mol. The zero-order valence-corrected chi connectivity index (χ0v) is 26.2. The molecule has 3 aromatic rings. The number of carbonyl (C=O) groups excluding carboxylic acids is 2. The van der Waals surface area contributed by atoms with E-state index in [0.29, 0.717) is 13.2 Å². The van der Waals surface area contributed by atoms with Crippen molar-refractivity contribution in [2.45, 2.75) is 78.1 Å². The summed E-state index contributed by atoms with van der Waals surface area (Å²) in [4.78, 5) is 27.2. The summed E-state index contributed by atoms with van der Waals surface area (Å²) in [6, 6.07) is 19.0. The summed E-state index contributed by atoms with van der Waals surface area (Å²) in [7, 11) is 0. The van der Waals surface area contributed by atoms with Gasteiger partial charge in [-0.25, -0.2) is 10.9 Å². The minimum absolute atomic E-state index is 0.233. The first-order valence-corrected chi connectivity index (χ1v) is 16.1. The minimum Gasteiger partial charge on any atom is -0.488 e. The number of hydrogen-bond acceptors (Lipinski definition) is 7. The Morgan fingerprint density at radius 1 is 0.628 bits per heavy atom. The van der Waals surface area contributed by atoms with E-state index in [1.807, 2.05) is 60.7 Å². The fourth-order valence-corrected chi connectivity index (χ4v) is 5.20. The molecule has 230 valence electrons. The van der Waals surface area contributed by atoms with Gasteiger partial charge in [-0.2, -0.15) is 10.2 Å². The van der Waals surface area contributed by atoms with Gasteiger partial charge in [-0.1, -0.05) is 126 Å². The average molecular weight is 605 g/mol. The second-order valence-corrected chi connectivity index (χ2v) is 11.2. The molecule has 0 aliphatic carbocycles. The van der Waals surface area contributed by atoms with Crippen LogP contribution in [0.2, 0.25) is 0 Å². The number of amides is 2. The van der Waals surface area contributed by atoms with Gasteiger partial charge in [-0.15, -0.1) is 11.3 Å². The van der Waals surface area contributed by atoms with Crippen LogP contribution in [-0.4, -0.2) is 37.5 Å². The number of nitrogens with one attached hydrogen (secondary N) is 2. The second kappa shape index (κ2) is 20.0. The maximum absolute atomic E-state index is 13.4. The number of ether oxygens (including phenoxy) is 2. The minimum atomic E-state index is -0.474. The summed E-state index contributed by atoms with van der Waals surface area (Å²) in [5.41, 5.74) is 6.87.